The number of hydrogen-bond acceptors (Lipinski definition) is 7. The summed E-state index contributed by atoms with van der Waals surface area (Å²) < 4.78 is 0. The first kappa shape index (κ1) is 29.1. The van der Waals surface area contributed by atoms with Crippen LogP contribution in [0.2, 0.25) is 0 Å². The molecule has 0 aliphatic rings. The van der Waals surface area contributed by atoms with Gasteiger partial charge in [0.25, 0.3) is 0 Å². The Morgan fingerprint density at radius 1 is 0.875 bits per heavy atom. The van der Waals surface area contributed by atoms with Gasteiger partial charge >= 0.3 is 0 Å². The predicted octanol–water partition coefficient (Wildman–Crippen LogP) is -3.28. The van der Waals surface area contributed by atoms with E-state index in [-0.39, 0.29) is 24.8 Å². The van der Waals surface area contributed by atoms with Crippen molar-refractivity contribution in [2.75, 3.05) is 19.6 Å². The highest BCUT2D eigenvalue weighted by atomic mass is 16.2. The summed E-state index contributed by atoms with van der Waals surface area (Å²) in [5, 5.41) is 7.55. The monoisotopic (exact) mass is 457 g/mol. The van der Waals surface area contributed by atoms with E-state index in [9.17, 15) is 19.2 Å². The van der Waals surface area contributed by atoms with Crippen molar-refractivity contribution in [3.05, 3.63) is 0 Å². The molecular formula is C19H39N9O4. The fraction of sp³-hybridized carbons (Fsp3) is 0.737. The molecule has 0 aliphatic carbocycles. The normalized spacial score (nSPS) is 13.5. The van der Waals surface area contributed by atoms with Crippen molar-refractivity contribution in [1.29, 1.82) is 0 Å². The number of nitrogens with one attached hydrogen (secondary N) is 3. The Morgan fingerprint density at radius 2 is 1.50 bits per heavy atom. The van der Waals surface area contributed by atoms with Gasteiger partial charge in [-0.3, -0.25) is 24.2 Å². The van der Waals surface area contributed by atoms with Gasteiger partial charge in [-0.2, -0.15) is 0 Å². The molecule has 13 heteroatoms. The van der Waals surface area contributed by atoms with E-state index in [1.165, 1.54) is 0 Å². The number of carbonyl (C=O) groups excluding carboxylic acids is 4. The first-order valence-electron chi connectivity index (χ1n) is 10.7. The van der Waals surface area contributed by atoms with Crippen molar-refractivity contribution in [1.82, 2.24) is 16.0 Å². The van der Waals surface area contributed by atoms with Crippen molar-refractivity contribution >= 4 is 29.6 Å². The zero-order valence-corrected chi connectivity index (χ0v) is 18.9. The summed E-state index contributed by atoms with van der Waals surface area (Å²) in [6, 6.07) is -2.56. The molecule has 32 heavy (non-hydrogen) atoms. The molecule has 0 spiro atoms. The van der Waals surface area contributed by atoms with Gasteiger partial charge in [-0.15, -0.1) is 0 Å². The van der Waals surface area contributed by atoms with E-state index in [1.807, 2.05) is 0 Å². The third-order valence-electron chi connectivity index (χ3n) is 4.65. The standard InChI is InChI=1S/C19H39N9O4/c1-11(2)15(21)18(32)28-13(6-3-4-8-20)17(31)26-10-14(29)27-12(16(22)30)7-5-9-25-19(23)24/h11-13,15H,3-10,20-21H2,1-2H3,(H2,22,30)(H,26,31)(H,27,29)(H,28,32)(H4,23,24,25)/t12-,13-,15-/m0/s1. The van der Waals surface area contributed by atoms with Crippen molar-refractivity contribution < 1.29 is 19.2 Å². The molecule has 0 rings (SSSR count). The van der Waals surface area contributed by atoms with Crippen LogP contribution in [0.3, 0.4) is 0 Å². The fourth-order valence-electron chi connectivity index (χ4n) is 2.66. The third-order valence-corrected chi connectivity index (χ3v) is 4.65. The number of primary amides is 1. The van der Waals surface area contributed by atoms with Crippen molar-refractivity contribution in [3.8, 4) is 0 Å². The van der Waals surface area contributed by atoms with Gasteiger partial charge in [0.2, 0.25) is 23.6 Å². The fourth-order valence-corrected chi connectivity index (χ4v) is 2.66. The molecule has 13 N–H and O–H groups in total. The van der Waals surface area contributed by atoms with Crippen LogP contribution in [0.5, 0.6) is 0 Å². The van der Waals surface area contributed by atoms with Crippen LogP contribution >= 0.6 is 0 Å². The molecule has 0 radical (unpaired) electrons. The smallest absolute Gasteiger partial charge is 0.243 e. The highest BCUT2D eigenvalue weighted by Gasteiger charge is 2.25. The number of guanidine groups is 1. The van der Waals surface area contributed by atoms with Gasteiger partial charge < -0.3 is 44.6 Å². The van der Waals surface area contributed by atoms with Gasteiger partial charge in [0.15, 0.2) is 5.96 Å². The van der Waals surface area contributed by atoms with E-state index in [4.69, 9.17) is 28.7 Å². The zero-order chi connectivity index (χ0) is 24.7. The quantitative estimate of drug-likeness (QED) is 0.0661. The lowest BCUT2D eigenvalue weighted by molar-refractivity contribution is -0.132. The van der Waals surface area contributed by atoms with Crippen LogP contribution < -0.4 is 44.6 Å². The number of nitrogens with two attached hydrogens (primary N) is 5. The van der Waals surface area contributed by atoms with E-state index in [2.05, 4.69) is 20.9 Å². The SMILES string of the molecule is CC(C)[C@H](N)C(=O)N[C@@H](CCCCN)C(=O)NCC(=O)N[C@@H](CCCN=C(N)N)C(N)=O. The Balaban J connectivity index is 4.80. The average molecular weight is 458 g/mol. The molecule has 4 amide bonds. The lowest BCUT2D eigenvalue weighted by Gasteiger charge is -2.22. The van der Waals surface area contributed by atoms with Crippen LogP contribution in [0.15, 0.2) is 4.99 Å². The second-order valence-electron chi connectivity index (χ2n) is 7.80. The largest absolute Gasteiger partial charge is 0.370 e. The maximum Gasteiger partial charge on any atom is 0.243 e. The molecular weight excluding hydrogens is 418 g/mol. The zero-order valence-electron chi connectivity index (χ0n) is 18.9. The number of nitrogens with zero attached hydrogens (tertiary/aromatic N) is 1. The molecule has 3 atom stereocenters. The number of amides is 4. The van der Waals surface area contributed by atoms with E-state index in [0.29, 0.717) is 32.2 Å². The highest BCUT2D eigenvalue weighted by molar-refractivity contribution is 5.93. The molecule has 0 aromatic heterocycles. The number of unbranched alkanes of at least 4 members (excludes halogenated alkanes) is 1. The summed E-state index contributed by atoms with van der Waals surface area (Å²) in [5.41, 5.74) is 27.1. The molecule has 0 aromatic carbocycles. The third kappa shape index (κ3) is 12.7. The Labute approximate surface area is 188 Å². The second-order valence-corrected chi connectivity index (χ2v) is 7.80. The van der Waals surface area contributed by atoms with E-state index < -0.39 is 48.3 Å². The van der Waals surface area contributed by atoms with Crippen molar-refractivity contribution in [2.24, 2.45) is 39.6 Å². The molecule has 0 unspecified atom stereocenters. The maximum absolute atomic E-state index is 12.6. The highest BCUT2D eigenvalue weighted by Crippen LogP contribution is 2.04. The minimum Gasteiger partial charge on any atom is -0.370 e. The van der Waals surface area contributed by atoms with Gasteiger partial charge in [-0.25, -0.2) is 0 Å². The maximum atomic E-state index is 12.6. The van der Waals surface area contributed by atoms with E-state index in [0.717, 1.165) is 0 Å². The van der Waals surface area contributed by atoms with Crippen LogP contribution in [0.25, 0.3) is 0 Å². The molecule has 0 bridgehead atoms. The first-order valence-corrected chi connectivity index (χ1v) is 10.7. The van der Waals surface area contributed by atoms with E-state index >= 15 is 0 Å². The Kier molecular flexibility index (Phi) is 14.4. The van der Waals surface area contributed by atoms with Crippen LogP contribution in [0.1, 0.15) is 46.0 Å². The minimum absolute atomic E-state index is 0.0742. The molecule has 184 valence electrons. The van der Waals surface area contributed by atoms with Crippen LogP contribution in [-0.4, -0.2) is 67.3 Å². The average Bonchev–Trinajstić information content (AvgIpc) is 2.72. The minimum atomic E-state index is -0.933. The van der Waals surface area contributed by atoms with Gasteiger partial charge in [0.1, 0.15) is 12.1 Å². The molecule has 0 fully saturated rings. The molecule has 0 aliphatic heterocycles. The molecule has 0 saturated heterocycles. The van der Waals surface area contributed by atoms with Crippen molar-refractivity contribution in [3.63, 3.8) is 0 Å². The molecule has 13 nitrogen and oxygen atoms in total. The van der Waals surface area contributed by atoms with Crippen molar-refractivity contribution in [2.45, 2.75) is 64.1 Å². The van der Waals surface area contributed by atoms with Gasteiger partial charge in [-0.05, 0) is 44.6 Å². The lowest BCUT2D eigenvalue weighted by Crippen LogP contribution is -2.54. The number of rotatable bonds is 16. The number of carbonyl (C=O) groups is 4. The predicted molar refractivity (Wildman–Crippen MR) is 122 cm³/mol. The van der Waals surface area contributed by atoms with Gasteiger partial charge in [-0.1, -0.05) is 13.8 Å². The summed E-state index contributed by atoms with van der Waals surface area (Å²) in [7, 11) is 0. The Bertz CT molecular complexity index is 651. The number of aliphatic imine (C=N–C) groups is 1. The summed E-state index contributed by atoms with van der Waals surface area (Å²) in [6.45, 7) is 3.93. The lowest BCUT2D eigenvalue weighted by atomic mass is 10.0. The van der Waals surface area contributed by atoms with Crippen LogP contribution in [0, 0.1) is 5.92 Å². The molecule has 0 aromatic rings. The molecule has 0 heterocycles. The summed E-state index contributed by atoms with van der Waals surface area (Å²) in [5.74, 6) is -2.49. The summed E-state index contributed by atoms with van der Waals surface area (Å²) in [6.07, 6.45) is 2.28. The van der Waals surface area contributed by atoms with Crippen LogP contribution in [-0.2, 0) is 19.2 Å². The number of hydrogen-bond donors (Lipinski definition) is 8. The Morgan fingerprint density at radius 3 is 2.03 bits per heavy atom. The topological polar surface area (TPSA) is 247 Å². The first-order chi connectivity index (χ1) is 15.0. The van der Waals surface area contributed by atoms with Crippen LogP contribution in [0.4, 0.5) is 0 Å². The summed E-state index contributed by atoms with van der Waals surface area (Å²) >= 11 is 0. The summed E-state index contributed by atoms with van der Waals surface area (Å²) in [4.78, 5) is 52.4. The Hall–Kier alpha value is -2.93. The molecule has 0 saturated carbocycles. The van der Waals surface area contributed by atoms with Gasteiger partial charge in [0, 0.05) is 6.54 Å². The second kappa shape index (κ2) is 15.8. The van der Waals surface area contributed by atoms with E-state index in [1.54, 1.807) is 13.8 Å². The van der Waals surface area contributed by atoms with Gasteiger partial charge in [0.05, 0.1) is 12.6 Å².